The highest BCUT2D eigenvalue weighted by Crippen LogP contribution is 2.20. The number of hydrogen-bond acceptors (Lipinski definition) is 3. The van der Waals surface area contributed by atoms with E-state index in [1.165, 1.54) is 0 Å². The topological polar surface area (TPSA) is 96.4 Å². The number of aromatic nitrogens is 2. The third kappa shape index (κ3) is 3.90. The lowest BCUT2D eigenvalue weighted by Gasteiger charge is -2.04. The normalized spacial score (nSPS) is 10.4. The molecule has 1 heterocycles. The fourth-order valence-electron chi connectivity index (χ4n) is 2.89. The first-order chi connectivity index (χ1) is 12.6. The zero-order chi connectivity index (χ0) is 18.5. The van der Waals surface area contributed by atoms with E-state index in [0.29, 0.717) is 41.9 Å². The average Bonchev–Trinajstić information content (AvgIpc) is 3.04. The predicted octanol–water partition coefficient (Wildman–Crippen LogP) is 3.14. The zero-order valence-corrected chi connectivity index (χ0v) is 14.1. The number of carbonyl (C=O) groups is 1. The molecule has 3 aromatic rings. The number of phenolic OH excluding ortho intramolecular Hbond substituents is 1. The van der Waals surface area contributed by atoms with Gasteiger partial charge in [0.2, 0.25) is 0 Å². The molecule has 0 radical (unpaired) electrons. The molecule has 0 fully saturated rings. The van der Waals surface area contributed by atoms with Crippen LogP contribution in [0.15, 0.2) is 48.5 Å². The van der Waals surface area contributed by atoms with Gasteiger partial charge in [0.1, 0.15) is 5.75 Å². The number of nitrogens with zero attached hydrogens (tertiary/aromatic N) is 2. The van der Waals surface area contributed by atoms with Gasteiger partial charge in [-0.3, -0.25) is 9.89 Å². The summed E-state index contributed by atoms with van der Waals surface area (Å²) in [6, 6.07) is 14.2. The van der Waals surface area contributed by atoms with E-state index < -0.39 is 5.91 Å². The summed E-state index contributed by atoms with van der Waals surface area (Å²) in [4.78, 5) is 15.4. The van der Waals surface area contributed by atoms with E-state index in [0.717, 1.165) is 11.1 Å². The van der Waals surface area contributed by atoms with Gasteiger partial charge in [-0.1, -0.05) is 42.0 Å². The number of phenols is 1. The van der Waals surface area contributed by atoms with E-state index in [1.54, 1.807) is 24.3 Å². The van der Waals surface area contributed by atoms with Gasteiger partial charge in [-0.25, -0.2) is 4.85 Å². The van der Waals surface area contributed by atoms with Crippen molar-refractivity contribution < 1.29 is 9.90 Å². The maximum absolute atomic E-state index is 12.0. The number of rotatable bonds is 6. The van der Waals surface area contributed by atoms with Crippen molar-refractivity contribution in [1.82, 2.24) is 10.2 Å². The summed E-state index contributed by atoms with van der Waals surface area (Å²) < 4.78 is 0. The molecular formula is C20H18N4O2. The Morgan fingerprint density at radius 3 is 2.62 bits per heavy atom. The van der Waals surface area contributed by atoms with Gasteiger partial charge >= 0.3 is 0 Å². The average molecular weight is 346 g/mol. The SMILES string of the molecule is [C-]#[N+]c1cccc(Cc2[nH]nc(CCc3ccc(O)cc3)c2C(N)=O)c1. The Labute approximate surface area is 151 Å². The number of aryl methyl sites for hydroxylation is 2. The minimum absolute atomic E-state index is 0.218. The van der Waals surface area contributed by atoms with Crippen LogP contribution >= 0.6 is 0 Å². The summed E-state index contributed by atoms with van der Waals surface area (Å²) in [6.45, 7) is 7.10. The van der Waals surface area contributed by atoms with Gasteiger partial charge in [0.25, 0.3) is 5.91 Å². The number of hydrogen-bond donors (Lipinski definition) is 3. The van der Waals surface area contributed by atoms with Crippen LogP contribution in [0.5, 0.6) is 5.75 Å². The van der Waals surface area contributed by atoms with Crippen molar-refractivity contribution in [1.29, 1.82) is 0 Å². The van der Waals surface area contributed by atoms with Crippen LogP contribution in [0.1, 0.15) is 32.9 Å². The quantitative estimate of drug-likeness (QED) is 0.598. The van der Waals surface area contributed by atoms with E-state index in [2.05, 4.69) is 15.0 Å². The number of amides is 1. The summed E-state index contributed by atoms with van der Waals surface area (Å²) >= 11 is 0. The third-order valence-corrected chi connectivity index (χ3v) is 4.17. The highest BCUT2D eigenvalue weighted by Gasteiger charge is 2.18. The molecule has 1 amide bonds. The highest BCUT2D eigenvalue weighted by molar-refractivity contribution is 5.95. The molecule has 6 heteroatoms. The molecule has 130 valence electrons. The van der Waals surface area contributed by atoms with Crippen molar-refractivity contribution in [3.63, 3.8) is 0 Å². The van der Waals surface area contributed by atoms with Crippen LogP contribution in [0.25, 0.3) is 4.85 Å². The van der Waals surface area contributed by atoms with Crippen LogP contribution in [0.4, 0.5) is 5.69 Å². The summed E-state index contributed by atoms with van der Waals surface area (Å²) in [5.74, 6) is -0.300. The van der Waals surface area contributed by atoms with Crippen LogP contribution in [-0.2, 0) is 19.3 Å². The van der Waals surface area contributed by atoms with Crippen molar-refractivity contribution in [2.45, 2.75) is 19.3 Å². The molecule has 4 N–H and O–H groups in total. The fourth-order valence-corrected chi connectivity index (χ4v) is 2.89. The summed E-state index contributed by atoms with van der Waals surface area (Å²) in [7, 11) is 0. The lowest BCUT2D eigenvalue weighted by Crippen LogP contribution is -2.15. The number of nitrogens with one attached hydrogen (secondary N) is 1. The zero-order valence-electron chi connectivity index (χ0n) is 14.1. The Hall–Kier alpha value is -3.59. The Morgan fingerprint density at radius 1 is 1.15 bits per heavy atom. The number of benzene rings is 2. The second-order valence-corrected chi connectivity index (χ2v) is 6.01. The van der Waals surface area contributed by atoms with Gasteiger partial charge in [-0.15, -0.1) is 0 Å². The molecule has 3 rings (SSSR count). The van der Waals surface area contributed by atoms with Gasteiger partial charge in [0.15, 0.2) is 5.69 Å². The van der Waals surface area contributed by atoms with Crippen LogP contribution in [0.3, 0.4) is 0 Å². The number of aromatic hydroxyl groups is 1. The number of carbonyl (C=O) groups excluding carboxylic acids is 1. The van der Waals surface area contributed by atoms with Crippen LogP contribution in [0, 0.1) is 6.57 Å². The van der Waals surface area contributed by atoms with Crippen LogP contribution in [-0.4, -0.2) is 21.2 Å². The maximum Gasteiger partial charge on any atom is 0.252 e. The van der Waals surface area contributed by atoms with E-state index in [1.807, 2.05) is 24.3 Å². The van der Waals surface area contributed by atoms with E-state index in [4.69, 9.17) is 12.3 Å². The third-order valence-electron chi connectivity index (χ3n) is 4.17. The Morgan fingerprint density at radius 2 is 1.92 bits per heavy atom. The van der Waals surface area contributed by atoms with Crippen molar-refractivity contribution in [3.8, 4) is 5.75 Å². The number of aromatic amines is 1. The minimum atomic E-state index is -0.518. The van der Waals surface area contributed by atoms with Crippen LogP contribution < -0.4 is 5.73 Å². The molecule has 0 spiro atoms. The number of nitrogens with two attached hydrogens (primary N) is 1. The van der Waals surface area contributed by atoms with Gasteiger partial charge in [0.05, 0.1) is 23.5 Å². The Bertz CT molecular complexity index is 968. The molecule has 0 bridgehead atoms. The second kappa shape index (κ2) is 7.53. The molecular weight excluding hydrogens is 328 g/mol. The van der Waals surface area contributed by atoms with Gasteiger partial charge in [-0.2, -0.15) is 5.10 Å². The molecule has 0 aliphatic rings. The largest absolute Gasteiger partial charge is 0.508 e. The maximum atomic E-state index is 12.0. The monoisotopic (exact) mass is 346 g/mol. The van der Waals surface area contributed by atoms with Crippen molar-refractivity contribution in [3.05, 3.63) is 88.0 Å². The smallest absolute Gasteiger partial charge is 0.252 e. The lowest BCUT2D eigenvalue weighted by molar-refractivity contribution is 0.0998. The van der Waals surface area contributed by atoms with Gasteiger partial charge in [-0.05, 0) is 30.5 Å². The molecule has 6 nitrogen and oxygen atoms in total. The molecule has 0 atom stereocenters. The van der Waals surface area contributed by atoms with E-state index in [9.17, 15) is 9.90 Å². The van der Waals surface area contributed by atoms with E-state index >= 15 is 0 Å². The molecule has 1 aromatic heterocycles. The Balaban J connectivity index is 1.80. The lowest BCUT2D eigenvalue weighted by atomic mass is 10.0. The van der Waals surface area contributed by atoms with Crippen molar-refractivity contribution in [2.75, 3.05) is 0 Å². The van der Waals surface area contributed by atoms with Gasteiger partial charge in [0, 0.05) is 6.42 Å². The predicted molar refractivity (Wildman–Crippen MR) is 98.1 cm³/mol. The first-order valence-electron chi connectivity index (χ1n) is 8.17. The fraction of sp³-hybridized carbons (Fsp3) is 0.150. The molecule has 0 saturated carbocycles. The summed E-state index contributed by atoms with van der Waals surface area (Å²) in [5, 5.41) is 16.5. The van der Waals surface area contributed by atoms with Crippen LogP contribution in [0.2, 0.25) is 0 Å². The molecule has 0 aliphatic heterocycles. The number of primary amides is 1. The first-order valence-corrected chi connectivity index (χ1v) is 8.17. The summed E-state index contributed by atoms with van der Waals surface area (Å²) in [5.41, 5.74) is 9.77. The van der Waals surface area contributed by atoms with E-state index in [-0.39, 0.29) is 5.75 Å². The molecule has 26 heavy (non-hydrogen) atoms. The van der Waals surface area contributed by atoms with Crippen molar-refractivity contribution in [2.24, 2.45) is 5.73 Å². The van der Waals surface area contributed by atoms with Gasteiger partial charge < -0.3 is 10.8 Å². The number of H-pyrrole nitrogens is 1. The standard InChI is InChI=1S/C20H18N4O2/c1-22-15-4-2-3-14(11-15)12-18-19(20(21)26)17(23-24-18)10-7-13-5-8-16(25)9-6-13/h2-6,8-9,11,25H,7,10,12H2,(H2,21,26)(H,23,24). The minimum Gasteiger partial charge on any atom is -0.508 e. The summed E-state index contributed by atoms with van der Waals surface area (Å²) in [6.07, 6.45) is 1.69. The van der Waals surface area contributed by atoms with Crippen molar-refractivity contribution >= 4 is 11.6 Å². The molecule has 0 saturated heterocycles. The molecule has 0 unspecified atom stereocenters. The molecule has 0 aliphatic carbocycles. The second-order valence-electron chi connectivity index (χ2n) is 6.01. The first kappa shape index (κ1) is 17.2. The highest BCUT2D eigenvalue weighted by atomic mass is 16.3. The molecule has 2 aromatic carbocycles. The Kier molecular flexibility index (Phi) is 4.99.